The zero-order chi connectivity index (χ0) is 17.2. The molecule has 1 aliphatic rings. The summed E-state index contributed by atoms with van der Waals surface area (Å²) >= 11 is 0. The van der Waals surface area contributed by atoms with Crippen LogP contribution in [0.4, 0.5) is 0 Å². The van der Waals surface area contributed by atoms with Crippen molar-refractivity contribution < 1.29 is 9.53 Å². The largest absolute Gasteiger partial charge is 0.377 e. The number of benzene rings is 1. The first-order valence-corrected chi connectivity index (χ1v) is 8.35. The molecule has 1 aliphatic heterocycles. The number of carbonyl (C=O) groups excluding carboxylic acids is 1. The normalized spacial score (nSPS) is 17.6. The summed E-state index contributed by atoms with van der Waals surface area (Å²) in [5.74, 6) is -0.0656. The average Bonchev–Trinajstić information content (AvgIpc) is 3.31. The second kappa shape index (κ2) is 6.57. The fourth-order valence-corrected chi connectivity index (χ4v) is 3.22. The van der Waals surface area contributed by atoms with Gasteiger partial charge in [-0.15, -0.1) is 0 Å². The molecule has 0 saturated carbocycles. The highest BCUT2D eigenvalue weighted by Crippen LogP contribution is 2.26. The van der Waals surface area contributed by atoms with Gasteiger partial charge in [-0.25, -0.2) is 4.68 Å². The molecule has 1 saturated heterocycles. The van der Waals surface area contributed by atoms with Crippen LogP contribution in [0.15, 0.2) is 60.9 Å². The molecule has 0 bridgehead atoms. The molecule has 0 spiro atoms. The number of aromatic nitrogens is 3. The molecule has 2 aromatic heterocycles. The molecular formula is C19H20N4O2. The fourth-order valence-electron chi connectivity index (χ4n) is 3.22. The second-order valence-corrected chi connectivity index (χ2v) is 6.11. The molecule has 128 valence electrons. The summed E-state index contributed by atoms with van der Waals surface area (Å²) in [5, 5.41) is 4.47. The first kappa shape index (κ1) is 15.7. The van der Waals surface area contributed by atoms with Crippen LogP contribution in [0.1, 0.15) is 22.2 Å². The summed E-state index contributed by atoms with van der Waals surface area (Å²) in [6.45, 7) is 1.61. The van der Waals surface area contributed by atoms with Gasteiger partial charge < -0.3 is 14.2 Å². The maximum absolute atomic E-state index is 13.0. The maximum atomic E-state index is 13.0. The number of morpholine rings is 1. The van der Waals surface area contributed by atoms with E-state index >= 15 is 0 Å². The minimum absolute atomic E-state index is 0.0656. The van der Waals surface area contributed by atoms with Crippen LogP contribution < -0.4 is 0 Å². The number of rotatable bonds is 3. The van der Waals surface area contributed by atoms with E-state index < -0.39 is 0 Å². The lowest BCUT2D eigenvalue weighted by Crippen LogP contribution is -2.44. The van der Waals surface area contributed by atoms with Crippen molar-refractivity contribution in [2.24, 2.45) is 7.05 Å². The van der Waals surface area contributed by atoms with Crippen molar-refractivity contribution in [1.29, 1.82) is 0 Å². The maximum Gasteiger partial charge on any atom is 0.275 e. The van der Waals surface area contributed by atoms with Crippen molar-refractivity contribution in [3.63, 3.8) is 0 Å². The van der Waals surface area contributed by atoms with Crippen LogP contribution >= 0.6 is 0 Å². The summed E-state index contributed by atoms with van der Waals surface area (Å²) in [4.78, 5) is 14.9. The van der Waals surface area contributed by atoms with Crippen molar-refractivity contribution in [1.82, 2.24) is 19.2 Å². The lowest BCUT2D eigenvalue weighted by atomic mass is 10.1. The van der Waals surface area contributed by atoms with Crippen LogP contribution in [0, 0.1) is 0 Å². The van der Waals surface area contributed by atoms with Gasteiger partial charge in [-0.3, -0.25) is 4.79 Å². The Kier molecular flexibility index (Phi) is 4.11. The fraction of sp³-hybridized carbons (Fsp3) is 0.263. The first-order valence-electron chi connectivity index (χ1n) is 8.35. The van der Waals surface area contributed by atoms with Crippen LogP contribution in [-0.4, -0.2) is 44.9 Å². The highest BCUT2D eigenvalue weighted by Gasteiger charge is 2.31. The molecule has 0 aliphatic carbocycles. The molecular weight excluding hydrogens is 316 g/mol. The van der Waals surface area contributed by atoms with Gasteiger partial charge in [0, 0.05) is 31.7 Å². The van der Waals surface area contributed by atoms with E-state index in [2.05, 4.69) is 5.10 Å². The van der Waals surface area contributed by atoms with Crippen molar-refractivity contribution in [3.8, 4) is 5.69 Å². The Morgan fingerprint density at radius 1 is 1.12 bits per heavy atom. The van der Waals surface area contributed by atoms with Crippen LogP contribution in [0.5, 0.6) is 0 Å². The van der Waals surface area contributed by atoms with Crippen molar-refractivity contribution in [3.05, 3.63) is 72.3 Å². The van der Waals surface area contributed by atoms with Crippen molar-refractivity contribution in [2.75, 3.05) is 19.8 Å². The number of amides is 1. The van der Waals surface area contributed by atoms with E-state index in [1.165, 1.54) is 0 Å². The molecule has 1 unspecified atom stereocenters. The third kappa shape index (κ3) is 2.96. The molecule has 0 radical (unpaired) electrons. The molecule has 4 rings (SSSR count). The predicted molar refractivity (Wildman–Crippen MR) is 93.6 cm³/mol. The molecule has 6 nitrogen and oxygen atoms in total. The lowest BCUT2D eigenvalue weighted by molar-refractivity contribution is -0.00496. The summed E-state index contributed by atoms with van der Waals surface area (Å²) in [7, 11) is 1.98. The molecule has 6 heteroatoms. The van der Waals surface area contributed by atoms with Crippen LogP contribution in [0.25, 0.3) is 5.69 Å². The van der Waals surface area contributed by atoms with E-state index in [0.29, 0.717) is 25.5 Å². The number of ether oxygens (including phenoxy) is 1. The van der Waals surface area contributed by atoms with Crippen LogP contribution in [0.3, 0.4) is 0 Å². The molecule has 1 amide bonds. The molecule has 0 N–H and O–H groups in total. The highest BCUT2D eigenvalue weighted by atomic mass is 16.5. The van der Waals surface area contributed by atoms with Gasteiger partial charge in [0.2, 0.25) is 0 Å². The van der Waals surface area contributed by atoms with Gasteiger partial charge in [-0.1, -0.05) is 18.2 Å². The number of aryl methyl sites for hydroxylation is 1. The summed E-state index contributed by atoms with van der Waals surface area (Å²) in [6, 6.07) is 15.5. The van der Waals surface area contributed by atoms with Gasteiger partial charge in [0.25, 0.3) is 5.91 Å². The van der Waals surface area contributed by atoms with Crippen LogP contribution in [0.2, 0.25) is 0 Å². The Balaban J connectivity index is 1.61. The van der Waals surface area contributed by atoms with E-state index in [0.717, 1.165) is 11.4 Å². The Morgan fingerprint density at radius 2 is 1.96 bits per heavy atom. The summed E-state index contributed by atoms with van der Waals surface area (Å²) in [6.07, 6.45) is 3.80. The first-order chi connectivity index (χ1) is 12.2. The highest BCUT2D eigenvalue weighted by molar-refractivity contribution is 5.92. The van der Waals surface area contributed by atoms with Gasteiger partial charge in [-0.05, 0) is 30.3 Å². The van der Waals surface area contributed by atoms with E-state index in [9.17, 15) is 4.79 Å². The number of nitrogens with zero attached hydrogens (tertiary/aromatic N) is 4. The lowest BCUT2D eigenvalue weighted by Gasteiger charge is -2.35. The van der Waals surface area contributed by atoms with Gasteiger partial charge in [0.1, 0.15) is 0 Å². The van der Waals surface area contributed by atoms with E-state index in [4.69, 9.17) is 4.74 Å². The number of hydrogen-bond donors (Lipinski definition) is 0. The Morgan fingerprint density at radius 3 is 2.72 bits per heavy atom. The minimum atomic E-state index is -0.0943. The number of para-hydroxylation sites is 1. The molecule has 1 fully saturated rings. The molecule has 1 aromatic carbocycles. The third-order valence-electron chi connectivity index (χ3n) is 4.54. The Bertz CT molecular complexity index is 868. The van der Waals surface area contributed by atoms with E-state index in [-0.39, 0.29) is 11.9 Å². The summed E-state index contributed by atoms with van der Waals surface area (Å²) < 4.78 is 9.38. The van der Waals surface area contributed by atoms with Gasteiger partial charge in [0.15, 0.2) is 5.69 Å². The zero-order valence-corrected chi connectivity index (χ0v) is 14.1. The van der Waals surface area contributed by atoms with Gasteiger partial charge in [0.05, 0.1) is 24.9 Å². The average molecular weight is 336 g/mol. The Hall–Kier alpha value is -2.86. The smallest absolute Gasteiger partial charge is 0.275 e. The molecule has 1 atom stereocenters. The zero-order valence-electron chi connectivity index (χ0n) is 14.1. The quantitative estimate of drug-likeness (QED) is 0.738. The monoisotopic (exact) mass is 336 g/mol. The summed E-state index contributed by atoms with van der Waals surface area (Å²) in [5.41, 5.74) is 2.45. The van der Waals surface area contributed by atoms with E-state index in [1.807, 2.05) is 71.4 Å². The number of hydrogen-bond acceptors (Lipinski definition) is 3. The topological polar surface area (TPSA) is 52.3 Å². The standard InChI is InChI=1S/C19H20N4O2/c1-21-10-5-8-17(21)18-14-25-13-12-22(18)19(24)16-9-11-23(20-16)15-6-3-2-4-7-15/h2-11,18H,12-14H2,1H3. The molecule has 3 heterocycles. The van der Waals surface area contributed by atoms with Crippen molar-refractivity contribution >= 4 is 5.91 Å². The third-order valence-corrected chi connectivity index (χ3v) is 4.54. The van der Waals surface area contributed by atoms with Crippen molar-refractivity contribution in [2.45, 2.75) is 6.04 Å². The van der Waals surface area contributed by atoms with Gasteiger partial charge >= 0.3 is 0 Å². The SMILES string of the molecule is Cn1cccc1C1COCCN1C(=O)c1ccn(-c2ccccc2)n1. The Labute approximate surface area is 146 Å². The van der Waals surface area contributed by atoms with E-state index in [1.54, 1.807) is 10.7 Å². The van der Waals surface area contributed by atoms with Crippen LogP contribution in [-0.2, 0) is 11.8 Å². The minimum Gasteiger partial charge on any atom is -0.377 e. The van der Waals surface area contributed by atoms with Gasteiger partial charge in [-0.2, -0.15) is 5.10 Å². The second-order valence-electron chi connectivity index (χ2n) is 6.11. The number of carbonyl (C=O) groups is 1. The molecule has 25 heavy (non-hydrogen) atoms. The molecule has 3 aromatic rings. The predicted octanol–water partition coefficient (Wildman–Crippen LogP) is 2.42.